The van der Waals surface area contributed by atoms with E-state index in [1.165, 1.54) is 11.8 Å². The number of methoxy groups -OCH3 is 1. The highest BCUT2D eigenvalue weighted by atomic mass is 32.2. The van der Waals surface area contributed by atoms with Gasteiger partial charge < -0.3 is 4.74 Å². The molecular formula is C25H20N4O2S. The molecule has 32 heavy (non-hydrogen) atoms. The number of rotatable bonds is 4. The maximum absolute atomic E-state index is 12.6. The van der Waals surface area contributed by atoms with Gasteiger partial charge in [0.2, 0.25) is 0 Å². The van der Waals surface area contributed by atoms with E-state index < -0.39 is 0 Å². The van der Waals surface area contributed by atoms with E-state index in [9.17, 15) is 4.79 Å². The Hall–Kier alpha value is -3.71. The zero-order chi connectivity index (χ0) is 21.9. The van der Waals surface area contributed by atoms with Crippen molar-refractivity contribution in [1.29, 1.82) is 0 Å². The molecule has 6 nitrogen and oxygen atoms in total. The fourth-order valence-corrected chi connectivity index (χ4v) is 4.60. The minimum atomic E-state index is -0.259. The maximum atomic E-state index is 12.6. The van der Waals surface area contributed by atoms with Crippen LogP contribution in [0.4, 0.5) is 0 Å². The molecule has 0 N–H and O–H groups in total. The summed E-state index contributed by atoms with van der Waals surface area (Å²) in [5.41, 5.74) is 3.98. The second-order valence-corrected chi connectivity index (χ2v) is 8.36. The Bertz CT molecular complexity index is 1220. The molecule has 5 rings (SSSR count). The third-order valence-corrected chi connectivity index (χ3v) is 6.28. The number of nitrogens with zero attached hydrogens (tertiary/aromatic N) is 4. The highest BCUT2D eigenvalue weighted by Crippen LogP contribution is 2.39. The summed E-state index contributed by atoms with van der Waals surface area (Å²) in [5.74, 6) is 0.539. The van der Waals surface area contributed by atoms with Crippen LogP contribution < -0.4 is 4.74 Å². The first-order valence-corrected chi connectivity index (χ1v) is 11.0. The van der Waals surface area contributed by atoms with E-state index in [-0.39, 0.29) is 11.9 Å². The number of thioether (sulfide) groups is 1. The zero-order valence-corrected chi connectivity index (χ0v) is 18.2. The van der Waals surface area contributed by atoms with Crippen molar-refractivity contribution >= 4 is 34.6 Å². The lowest BCUT2D eigenvalue weighted by Gasteiger charge is -2.22. The maximum Gasteiger partial charge on any atom is 0.286 e. The lowest BCUT2D eigenvalue weighted by Crippen LogP contribution is -2.23. The molecule has 2 aliphatic rings. The predicted molar refractivity (Wildman–Crippen MR) is 127 cm³/mol. The van der Waals surface area contributed by atoms with Gasteiger partial charge in [-0.25, -0.2) is 5.01 Å². The number of hydrazone groups is 1. The molecule has 1 aromatic heterocycles. The van der Waals surface area contributed by atoms with Crippen molar-refractivity contribution in [3.63, 3.8) is 0 Å². The fraction of sp³-hybridized carbons (Fsp3) is 0.120. The Morgan fingerprint density at radius 1 is 1.06 bits per heavy atom. The van der Waals surface area contributed by atoms with Gasteiger partial charge in [0.15, 0.2) is 5.17 Å². The van der Waals surface area contributed by atoms with E-state index in [4.69, 9.17) is 9.84 Å². The predicted octanol–water partition coefficient (Wildman–Crippen LogP) is 4.91. The van der Waals surface area contributed by atoms with Gasteiger partial charge in [-0.2, -0.15) is 10.1 Å². The number of pyridine rings is 1. The summed E-state index contributed by atoms with van der Waals surface area (Å²) in [5, 5.41) is 7.34. The number of aromatic nitrogens is 1. The normalized spacial score (nSPS) is 19.3. The standard InChI is InChI=1S/C25H20N4O2S/c1-31-20-11-9-19(10-12-20)22-15-21(18-7-3-2-4-8-18)28-29(22)25-27-24(30)23(32-25)14-17-6-5-13-26-16-17/h2-14,16,22H,15H2,1H3/b23-14-. The van der Waals surface area contributed by atoms with Crippen molar-refractivity contribution in [1.82, 2.24) is 9.99 Å². The molecule has 0 spiro atoms. The second-order valence-electron chi connectivity index (χ2n) is 7.35. The van der Waals surface area contributed by atoms with Gasteiger partial charge >= 0.3 is 0 Å². The molecule has 0 radical (unpaired) electrons. The molecule has 0 aliphatic carbocycles. The minimum absolute atomic E-state index is 0.0621. The smallest absolute Gasteiger partial charge is 0.286 e. The Morgan fingerprint density at radius 3 is 2.59 bits per heavy atom. The summed E-state index contributed by atoms with van der Waals surface area (Å²) in [6.45, 7) is 0. The van der Waals surface area contributed by atoms with Gasteiger partial charge in [0.1, 0.15) is 5.75 Å². The molecular weight excluding hydrogens is 420 g/mol. The molecule has 7 heteroatoms. The number of hydrogen-bond donors (Lipinski definition) is 0. The van der Waals surface area contributed by atoms with E-state index in [1.807, 2.05) is 65.7 Å². The monoisotopic (exact) mass is 440 g/mol. The van der Waals surface area contributed by atoms with E-state index in [0.29, 0.717) is 16.5 Å². The number of amidine groups is 1. The largest absolute Gasteiger partial charge is 0.497 e. The summed E-state index contributed by atoms with van der Waals surface area (Å²) in [7, 11) is 1.65. The first-order chi connectivity index (χ1) is 15.7. The molecule has 0 bridgehead atoms. The third kappa shape index (κ3) is 4.07. The van der Waals surface area contributed by atoms with Gasteiger partial charge in [-0.15, -0.1) is 0 Å². The van der Waals surface area contributed by atoms with Gasteiger partial charge in [0, 0.05) is 18.8 Å². The van der Waals surface area contributed by atoms with E-state index in [2.05, 4.69) is 22.1 Å². The Kier molecular flexibility index (Phi) is 5.56. The van der Waals surface area contributed by atoms with Crippen molar-refractivity contribution in [2.75, 3.05) is 7.11 Å². The molecule has 3 aromatic rings. The molecule has 2 aliphatic heterocycles. The Labute approximate surface area is 190 Å². The Balaban J connectivity index is 1.48. The zero-order valence-electron chi connectivity index (χ0n) is 17.4. The minimum Gasteiger partial charge on any atom is -0.497 e. The fourth-order valence-electron chi connectivity index (χ4n) is 3.69. The second kappa shape index (κ2) is 8.80. The number of amides is 1. The third-order valence-electron chi connectivity index (χ3n) is 5.31. The van der Waals surface area contributed by atoms with Crippen LogP contribution in [-0.4, -0.2) is 33.9 Å². The number of aliphatic imine (C=N–C) groups is 1. The van der Waals surface area contributed by atoms with Crippen molar-refractivity contribution in [3.8, 4) is 5.75 Å². The van der Waals surface area contributed by atoms with Crippen LogP contribution in [0.15, 0.2) is 94.1 Å². The molecule has 2 aromatic carbocycles. The van der Waals surface area contributed by atoms with Gasteiger partial charge in [-0.3, -0.25) is 9.78 Å². The Morgan fingerprint density at radius 2 is 1.88 bits per heavy atom. The SMILES string of the molecule is COc1ccc(C2CC(c3ccccc3)=NN2C2=NC(=O)/C(=C/c3cccnc3)S2)cc1. The quantitative estimate of drug-likeness (QED) is 0.539. The molecule has 1 amide bonds. The molecule has 3 heterocycles. The molecule has 0 saturated carbocycles. The van der Waals surface area contributed by atoms with Crippen LogP contribution in [0.2, 0.25) is 0 Å². The summed E-state index contributed by atoms with van der Waals surface area (Å²) in [6.07, 6.45) is 5.96. The first kappa shape index (κ1) is 20.2. The summed E-state index contributed by atoms with van der Waals surface area (Å²) in [6, 6.07) is 21.7. The first-order valence-electron chi connectivity index (χ1n) is 10.2. The van der Waals surface area contributed by atoms with Crippen molar-refractivity contribution in [2.24, 2.45) is 10.1 Å². The van der Waals surface area contributed by atoms with Gasteiger partial charge in [-0.05, 0) is 52.7 Å². The number of benzene rings is 2. The van der Waals surface area contributed by atoms with Crippen molar-refractivity contribution < 1.29 is 9.53 Å². The van der Waals surface area contributed by atoms with Crippen LogP contribution in [0.3, 0.4) is 0 Å². The molecule has 158 valence electrons. The lowest BCUT2D eigenvalue weighted by molar-refractivity contribution is -0.113. The van der Waals surface area contributed by atoms with Gasteiger partial charge in [0.05, 0.1) is 23.8 Å². The van der Waals surface area contributed by atoms with E-state index in [0.717, 1.165) is 28.2 Å². The van der Waals surface area contributed by atoms with Crippen LogP contribution in [0.5, 0.6) is 5.75 Å². The average Bonchev–Trinajstić information content (AvgIpc) is 3.44. The number of carbonyl (C=O) groups excluding carboxylic acids is 1. The molecule has 0 saturated heterocycles. The van der Waals surface area contributed by atoms with E-state index >= 15 is 0 Å². The molecule has 0 fully saturated rings. The highest BCUT2D eigenvalue weighted by Gasteiger charge is 2.36. The van der Waals surface area contributed by atoms with Gasteiger partial charge in [-0.1, -0.05) is 48.5 Å². The van der Waals surface area contributed by atoms with Crippen LogP contribution in [-0.2, 0) is 4.79 Å². The lowest BCUT2D eigenvalue weighted by atomic mass is 9.98. The number of carbonyl (C=O) groups is 1. The average molecular weight is 441 g/mol. The highest BCUT2D eigenvalue weighted by molar-refractivity contribution is 8.18. The molecule has 1 atom stereocenters. The van der Waals surface area contributed by atoms with Gasteiger partial charge in [0.25, 0.3) is 5.91 Å². The van der Waals surface area contributed by atoms with Crippen molar-refractivity contribution in [3.05, 3.63) is 101 Å². The van der Waals surface area contributed by atoms with Crippen LogP contribution in [0.1, 0.15) is 29.2 Å². The topological polar surface area (TPSA) is 67.2 Å². The summed E-state index contributed by atoms with van der Waals surface area (Å²) >= 11 is 1.34. The van der Waals surface area contributed by atoms with Crippen LogP contribution >= 0.6 is 11.8 Å². The number of ether oxygens (including phenoxy) is 1. The summed E-state index contributed by atoms with van der Waals surface area (Å²) < 4.78 is 5.31. The van der Waals surface area contributed by atoms with Crippen molar-refractivity contribution in [2.45, 2.75) is 12.5 Å². The van der Waals surface area contributed by atoms with Crippen LogP contribution in [0.25, 0.3) is 6.08 Å². The number of hydrogen-bond acceptors (Lipinski definition) is 6. The summed E-state index contributed by atoms with van der Waals surface area (Å²) in [4.78, 5) is 21.6. The van der Waals surface area contributed by atoms with Crippen LogP contribution in [0, 0.1) is 0 Å². The molecule has 1 unspecified atom stereocenters. The van der Waals surface area contributed by atoms with E-state index in [1.54, 1.807) is 19.5 Å².